The number of anilines is 1. The third-order valence-corrected chi connectivity index (χ3v) is 3.21. The van der Waals surface area contributed by atoms with Gasteiger partial charge in [-0.15, -0.1) is 0 Å². The summed E-state index contributed by atoms with van der Waals surface area (Å²) in [7, 11) is 0. The number of nitrogens with zero attached hydrogens (tertiary/aromatic N) is 1. The van der Waals surface area contributed by atoms with Gasteiger partial charge in [0.1, 0.15) is 10.5 Å². The normalized spacial score (nSPS) is 16.1. The number of nitrogen functional groups attached to an aromatic ring is 1. The first-order valence-electron chi connectivity index (χ1n) is 4.70. The molecular weight excluding hydrogens is 235 g/mol. The Labute approximate surface area is 96.2 Å². The molecule has 2 N–H and O–H groups in total. The molecule has 2 aromatic rings. The van der Waals surface area contributed by atoms with E-state index in [0.29, 0.717) is 32.8 Å². The first kappa shape index (κ1) is 9.31. The molecule has 78 valence electrons. The van der Waals surface area contributed by atoms with Crippen molar-refractivity contribution >= 4 is 40.0 Å². The van der Waals surface area contributed by atoms with E-state index in [0.717, 1.165) is 18.7 Å². The predicted molar refractivity (Wildman–Crippen MR) is 60.4 cm³/mol. The summed E-state index contributed by atoms with van der Waals surface area (Å²) in [4.78, 5) is 4.34. The Bertz CT molecular complexity index is 546. The lowest BCUT2D eigenvalue weighted by Crippen LogP contribution is -1.86. The Balaban J connectivity index is 2.32. The van der Waals surface area contributed by atoms with Crippen molar-refractivity contribution in [2.75, 3.05) is 5.73 Å². The molecule has 1 aliphatic carbocycles. The van der Waals surface area contributed by atoms with Crippen LogP contribution < -0.4 is 5.73 Å². The van der Waals surface area contributed by atoms with Gasteiger partial charge in [-0.3, -0.25) is 0 Å². The summed E-state index contributed by atoms with van der Waals surface area (Å²) in [5, 5.41) is 0.886. The number of oxazole rings is 1. The van der Waals surface area contributed by atoms with Crippen LogP contribution in [0.5, 0.6) is 0 Å². The van der Waals surface area contributed by atoms with E-state index in [-0.39, 0.29) is 0 Å². The second-order valence-electron chi connectivity index (χ2n) is 3.77. The van der Waals surface area contributed by atoms with Crippen molar-refractivity contribution in [3.8, 4) is 0 Å². The lowest BCUT2D eigenvalue weighted by Gasteiger charge is -1.98. The number of benzene rings is 1. The maximum Gasteiger partial charge on any atom is 0.198 e. The van der Waals surface area contributed by atoms with Gasteiger partial charge in [-0.25, -0.2) is 4.98 Å². The lowest BCUT2D eigenvalue weighted by atomic mass is 10.3. The van der Waals surface area contributed by atoms with Crippen LogP contribution in [0.1, 0.15) is 24.7 Å². The predicted octanol–water partition coefficient (Wildman–Crippen LogP) is 3.59. The number of aromatic nitrogens is 1. The van der Waals surface area contributed by atoms with Crippen LogP contribution in [-0.4, -0.2) is 4.98 Å². The Morgan fingerprint density at radius 1 is 1.40 bits per heavy atom. The fourth-order valence-corrected chi connectivity index (χ4v) is 1.98. The van der Waals surface area contributed by atoms with Crippen LogP contribution in [0.15, 0.2) is 10.5 Å². The van der Waals surface area contributed by atoms with Gasteiger partial charge in [-0.2, -0.15) is 0 Å². The van der Waals surface area contributed by atoms with Crippen molar-refractivity contribution in [1.29, 1.82) is 0 Å². The minimum Gasteiger partial charge on any atom is -0.439 e. The van der Waals surface area contributed by atoms with E-state index >= 15 is 0 Å². The van der Waals surface area contributed by atoms with E-state index in [1.165, 1.54) is 0 Å². The van der Waals surface area contributed by atoms with Crippen LogP contribution in [0.4, 0.5) is 5.69 Å². The van der Waals surface area contributed by atoms with Gasteiger partial charge in [-0.1, -0.05) is 23.2 Å². The molecule has 0 amide bonds. The van der Waals surface area contributed by atoms with E-state index in [4.69, 9.17) is 33.4 Å². The summed E-state index contributed by atoms with van der Waals surface area (Å²) >= 11 is 12.0. The second kappa shape index (κ2) is 3.03. The topological polar surface area (TPSA) is 52.0 Å². The lowest BCUT2D eigenvalue weighted by molar-refractivity contribution is 0.533. The van der Waals surface area contributed by atoms with Gasteiger partial charge in [0.05, 0.1) is 10.7 Å². The molecule has 15 heavy (non-hydrogen) atoms. The number of nitrogens with two attached hydrogens (primary N) is 1. The zero-order chi connectivity index (χ0) is 10.6. The van der Waals surface area contributed by atoms with Crippen LogP contribution in [0.3, 0.4) is 0 Å². The highest BCUT2D eigenvalue weighted by molar-refractivity contribution is 6.41. The molecular formula is C10H8Cl2N2O. The summed E-state index contributed by atoms with van der Waals surface area (Å²) < 4.78 is 5.58. The average Bonchev–Trinajstić information content (AvgIpc) is 2.94. The highest BCUT2D eigenvalue weighted by Crippen LogP contribution is 2.43. The Morgan fingerprint density at radius 2 is 2.13 bits per heavy atom. The number of halogens is 2. The van der Waals surface area contributed by atoms with Crippen molar-refractivity contribution in [2.45, 2.75) is 18.8 Å². The third-order valence-electron chi connectivity index (χ3n) is 2.53. The quantitative estimate of drug-likeness (QED) is 0.778. The minimum absolute atomic E-state index is 0.397. The molecule has 1 aromatic heterocycles. The summed E-state index contributed by atoms with van der Waals surface area (Å²) in [6.45, 7) is 0. The maximum atomic E-state index is 6.02. The van der Waals surface area contributed by atoms with Gasteiger partial charge in [0.2, 0.25) is 0 Å². The standard InChI is InChI=1S/C10H8Cl2N2O/c11-5-3-6(13)7(12)9-8(5)14-10(15-9)4-1-2-4/h3-4H,1-2,13H2. The number of rotatable bonds is 1. The first-order valence-corrected chi connectivity index (χ1v) is 5.46. The second-order valence-corrected chi connectivity index (χ2v) is 4.55. The molecule has 1 heterocycles. The monoisotopic (exact) mass is 242 g/mol. The summed E-state index contributed by atoms with van der Waals surface area (Å²) in [5.41, 5.74) is 7.22. The summed E-state index contributed by atoms with van der Waals surface area (Å²) in [6, 6.07) is 1.60. The van der Waals surface area contributed by atoms with Crippen LogP contribution >= 0.6 is 23.2 Å². The SMILES string of the molecule is Nc1cc(Cl)c2nc(C3CC3)oc2c1Cl. The van der Waals surface area contributed by atoms with E-state index in [2.05, 4.69) is 4.98 Å². The van der Waals surface area contributed by atoms with Gasteiger partial charge in [0.15, 0.2) is 11.5 Å². The highest BCUT2D eigenvalue weighted by Gasteiger charge is 2.30. The average molecular weight is 243 g/mol. The minimum atomic E-state index is 0.397. The van der Waals surface area contributed by atoms with Crippen LogP contribution in [0.2, 0.25) is 10.0 Å². The van der Waals surface area contributed by atoms with Gasteiger partial charge in [0.25, 0.3) is 0 Å². The first-order chi connectivity index (χ1) is 7.16. The molecule has 1 fully saturated rings. The molecule has 3 rings (SSSR count). The van der Waals surface area contributed by atoms with E-state index in [1.54, 1.807) is 6.07 Å². The Morgan fingerprint density at radius 3 is 2.80 bits per heavy atom. The highest BCUT2D eigenvalue weighted by atomic mass is 35.5. The molecule has 0 saturated heterocycles. The van der Waals surface area contributed by atoms with Crippen molar-refractivity contribution in [2.24, 2.45) is 0 Å². The van der Waals surface area contributed by atoms with E-state index < -0.39 is 0 Å². The van der Waals surface area contributed by atoms with Crippen LogP contribution in [0.25, 0.3) is 11.1 Å². The molecule has 0 bridgehead atoms. The zero-order valence-electron chi connectivity index (χ0n) is 7.76. The van der Waals surface area contributed by atoms with Crippen molar-refractivity contribution in [1.82, 2.24) is 4.98 Å². The van der Waals surface area contributed by atoms with Crippen molar-refractivity contribution in [3.05, 3.63) is 22.0 Å². The van der Waals surface area contributed by atoms with E-state index in [9.17, 15) is 0 Å². The summed E-state index contributed by atoms with van der Waals surface area (Å²) in [5.74, 6) is 1.16. The molecule has 0 spiro atoms. The zero-order valence-corrected chi connectivity index (χ0v) is 9.27. The van der Waals surface area contributed by atoms with Crippen molar-refractivity contribution in [3.63, 3.8) is 0 Å². The molecule has 5 heteroatoms. The Hall–Kier alpha value is -0.930. The van der Waals surface area contributed by atoms with Gasteiger partial charge < -0.3 is 10.2 Å². The molecule has 1 aromatic carbocycles. The van der Waals surface area contributed by atoms with Crippen molar-refractivity contribution < 1.29 is 4.42 Å². The number of hydrogen-bond donors (Lipinski definition) is 1. The fraction of sp³-hybridized carbons (Fsp3) is 0.300. The molecule has 1 aliphatic rings. The molecule has 1 saturated carbocycles. The van der Waals surface area contributed by atoms with E-state index in [1.807, 2.05) is 0 Å². The van der Waals surface area contributed by atoms with Gasteiger partial charge in [-0.05, 0) is 18.9 Å². The molecule has 0 atom stereocenters. The molecule has 0 aliphatic heterocycles. The summed E-state index contributed by atoms with van der Waals surface area (Å²) in [6.07, 6.45) is 2.25. The maximum absolute atomic E-state index is 6.02. The number of hydrogen-bond acceptors (Lipinski definition) is 3. The third kappa shape index (κ3) is 1.38. The molecule has 0 unspecified atom stereocenters. The molecule has 3 nitrogen and oxygen atoms in total. The van der Waals surface area contributed by atoms with Crippen LogP contribution in [0, 0.1) is 0 Å². The molecule has 0 radical (unpaired) electrons. The van der Waals surface area contributed by atoms with Gasteiger partial charge in [0, 0.05) is 5.92 Å². The smallest absolute Gasteiger partial charge is 0.198 e. The largest absolute Gasteiger partial charge is 0.439 e. The number of fused-ring (bicyclic) bond motifs is 1. The van der Waals surface area contributed by atoms with Crippen LogP contribution in [-0.2, 0) is 0 Å². The fourth-order valence-electron chi connectivity index (χ4n) is 1.55. The Kier molecular flexibility index (Phi) is 1.88. The van der Waals surface area contributed by atoms with Gasteiger partial charge >= 0.3 is 0 Å².